The van der Waals surface area contributed by atoms with Crippen molar-refractivity contribution in [2.45, 2.75) is 6.92 Å². The molecule has 108 valence electrons. The third-order valence-electron chi connectivity index (χ3n) is 3.43. The van der Waals surface area contributed by atoms with Crippen molar-refractivity contribution >= 4 is 11.9 Å². The van der Waals surface area contributed by atoms with Gasteiger partial charge in [-0.25, -0.2) is 19.9 Å². The van der Waals surface area contributed by atoms with Crippen LogP contribution in [0.25, 0.3) is 0 Å². The number of carbonyl (C=O) groups excluding carboxylic acids is 1. The van der Waals surface area contributed by atoms with Gasteiger partial charge in [-0.15, -0.1) is 0 Å². The molecule has 0 N–H and O–H groups in total. The fourth-order valence-electron chi connectivity index (χ4n) is 2.25. The summed E-state index contributed by atoms with van der Waals surface area (Å²) in [6, 6.07) is 1.79. The summed E-state index contributed by atoms with van der Waals surface area (Å²) >= 11 is 0. The van der Waals surface area contributed by atoms with Gasteiger partial charge in [0.05, 0.1) is 5.56 Å². The molecule has 2 aromatic rings. The molecular weight excluding hydrogens is 268 g/mol. The number of nitrogens with zero attached hydrogens (tertiary/aromatic N) is 6. The fraction of sp³-hybridized carbons (Fsp3) is 0.357. The minimum Gasteiger partial charge on any atom is -0.337 e. The molecule has 0 saturated carbocycles. The molecule has 7 heteroatoms. The number of anilines is 1. The van der Waals surface area contributed by atoms with Crippen LogP contribution in [-0.2, 0) is 0 Å². The summed E-state index contributed by atoms with van der Waals surface area (Å²) in [6.45, 7) is 4.54. The van der Waals surface area contributed by atoms with Gasteiger partial charge in [-0.05, 0) is 13.0 Å². The maximum absolute atomic E-state index is 12.4. The molecule has 0 unspecified atom stereocenters. The molecule has 0 bridgehead atoms. The number of aryl methyl sites for hydroxylation is 1. The third-order valence-corrected chi connectivity index (χ3v) is 3.43. The van der Waals surface area contributed by atoms with E-state index in [9.17, 15) is 4.79 Å². The minimum atomic E-state index is -0.0244. The summed E-state index contributed by atoms with van der Waals surface area (Å²) < 4.78 is 0. The van der Waals surface area contributed by atoms with E-state index in [1.54, 1.807) is 37.8 Å². The molecule has 1 amide bonds. The van der Waals surface area contributed by atoms with Crippen LogP contribution < -0.4 is 4.90 Å². The number of amides is 1. The zero-order valence-corrected chi connectivity index (χ0v) is 11.8. The Balaban J connectivity index is 1.63. The first-order valence-corrected chi connectivity index (χ1v) is 6.84. The van der Waals surface area contributed by atoms with Gasteiger partial charge in [0.1, 0.15) is 5.82 Å². The van der Waals surface area contributed by atoms with Gasteiger partial charge in [-0.3, -0.25) is 4.79 Å². The lowest BCUT2D eigenvalue weighted by Crippen LogP contribution is -2.49. The van der Waals surface area contributed by atoms with E-state index in [2.05, 4.69) is 24.8 Å². The quantitative estimate of drug-likeness (QED) is 0.801. The van der Waals surface area contributed by atoms with Crippen LogP contribution in [0.5, 0.6) is 0 Å². The van der Waals surface area contributed by atoms with Crippen LogP contribution in [0.2, 0.25) is 0 Å². The first-order chi connectivity index (χ1) is 10.2. The molecule has 1 aliphatic heterocycles. The van der Waals surface area contributed by atoms with Crippen molar-refractivity contribution in [2.24, 2.45) is 0 Å². The predicted molar refractivity (Wildman–Crippen MR) is 76.9 cm³/mol. The number of carbonyl (C=O) groups is 1. The van der Waals surface area contributed by atoms with Crippen LogP contribution in [0.3, 0.4) is 0 Å². The third kappa shape index (κ3) is 2.96. The Labute approximate surface area is 122 Å². The van der Waals surface area contributed by atoms with Gasteiger partial charge in [0.15, 0.2) is 0 Å². The average Bonchev–Trinajstić information content (AvgIpc) is 2.56. The summed E-state index contributed by atoms with van der Waals surface area (Å²) in [7, 11) is 0. The van der Waals surface area contributed by atoms with Crippen LogP contribution in [0, 0.1) is 6.92 Å². The molecule has 0 aromatic carbocycles. The lowest BCUT2D eigenvalue weighted by Gasteiger charge is -2.34. The molecule has 0 spiro atoms. The average molecular weight is 284 g/mol. The lowest BCUT2D eigenvalue weighted by molar-refractivity contribution is 0.0745. The number of rotatable bonds is 2. The number of piperazine rings is 1. The van der Waals surface area contributed by atoms with Gasteiger partial charge in [-0.2, -0.15) is 0 Å². The van der Waals surface area contributed by atoms with Crippen LogP contribution in [0.1, 0.15) is 16.2 Å². The summed E-state index contributed by atoms with van der Waals surface area (Å²) in [5.41, 5.74) is 0.532. The van der Waals surface area contributed by atoms with E-state index in [1.807, 2.05) is 4.90 Å². The highest BCUT2D eigenvalue weighted by Gasteiger charge is 2.23. The van der Waals surface area contributed by atoms with Crippen LogP contribution in [0.15, 0.2) is 30.9 Å². The highest BCUT2D eigenvalue weighted by Crippen LogP contribution is 2.12. The highest BCUT2D eigenvalue weighted by atomic mass is 16.2. The molecule has 7 nitrogen and oxygen atoms in total. The Bertz CT molecular complexity index is 607. The smallest absolute Gasteiger partial charge is 0.257 e. The summed E-state index contributed by atoms with van der Waals surface area (Å²) in [4.78, 5) is 32.8. The lowest BCUT2D eigenvalue weighted by atomic mass is 10.2. The van der Waals surface area contributed by atoms with E-state index in [1.165, 1.54) is 0 Å². The number of hydrogen-bond acceptors (Lipinski definition) is 6. The second kappa shape index (κ2) is 5.82. The fourth-order valence-corrected chi connectivity index (χ4v) is 2.25. The predicted octanol–water partition coefficient (Wildman–Crippen LogP) is 0.537. The van der Waals surface area contributed by atoms with Crippen molar-refractivity contribution < 1.29 is 4.79 Å². The summed E-state index contributed by atoms with van der Waals surface area (Å²) in [5, 5.41) is 0. The van der Waals surface area contributed by atoms with Gasteiger partial charge in [-0.1, -0.05) is 0 Å². The van der Waals surface area contributed by atoms with Crippen molar-refractivity contribution in [3.63, 3.8) is 0 Å². The number of hydrogen-bond donors (Lipinski definition) is 0. The molecule has 1 fully saturated rings. The van der Waals surface area contributed by atoms with Gasteiger partial charge < -0.3 is 9.80 Å². The molecule has 0 atom stereocenters. The topological polar surface area (TPSA) is 75.1 Å². The molecule has 3 heterocycles. The van der Waals surface area contributed by atoms with Crippen molar-refractivity contribution in [2.75, 3.05) is 31.1 Å². The van der Waals surface area contributed by atoms with E-state index >= 15 is 0 Å². The molecular formula is C14H16N6O. The molecule has 0 aliphatic carbocycles. The van der Waals surface area contributed by atoms with Crippen molar-refractivity contribution in [1.82, 2.24) is 24.8 Å². The molecule has 3 rings (SSSR count). The SMILES string of the molecule is Cc1ncc(C(=O)N2CCN(c3ncccn3)CC2)cn1. The molecule has 2 aromatic heterocycles. The van der Waals surface area contributed by atoms with Crippen LogP contribution in [0.4, 0.5) is 5.95 Å². The second-order valence-electron chi connectivity index (χ2n) is 4.85. The second-order valence-corrected chi connectivity index (χ2v) is 4.85. The minimum absolute atomic E-state index is 0.0244. The van der Waals surface area contributed by atoms with E-state index in [0.717, 1.165) is 13.1 Å². The maximum Gasteiger partial charge on any atom is 0.257 e. The summed E-state index contributed by atoms with van der Waals surface area (Å²) in [6.07, 6.45) is 6.61. The zero-order valence-electron chi connectivity index (χ0n) is 11.8. The Hall–Kier alpha value is -2.57. The maximum atomic E-state index is 12.4. The standard InChI is InChI=1S/C14H16N6O/c1-11-17-9-12(10-18-11)13(21)19-5-7-20(8-6-19)14-15-3-2-4-16-14/h2-4,9-10H,5-8H2,1H3. The Morgan fingerprint density at radius 3 is 2.24 bits per heavy atom. The monoisotopic (exact) mass is 284 g/mol. The molecule has 0 radical (unpaired) electrons. The van der Waals surface area contributed by atoms with Crippen molar-refractivity contribution in [3.05, 3.63) is 42.2 Å². The van der Waals surface area contributed by atoms with Crippen molar-refractivity contribution in [1.29, 1.82) is 0 Å². The molecule has 1 aliphatic rings. The molecule has 1 saturated heterocycles. The van der Waals surface area contributed by atoms with E-state index < -0.39 is 0 Å². The van der Waals surface area contributed by atoms with Gasteiger partial charge >= 0.3 is 0 Å². The Kier molecular flexibility index (Phi) is 3.72. The first kappa shape index (κ1) is 13.4. The summed E-state index contributed by atoms with van der Waals surface area (Å²) in [5.74, 6) is 1.35. The first-order valence-electron chi connectivity index (χ1n) is 6.84. The van der Waals surface area contributed by atoms with Gasteiger partial charge in [0, 0.05) is 51.0 Å². The van der Waals surface area contributed by atoms with E-state index in [4.69, 9.17) is 0 Å². The van der Waals surface area contributed by atoms with E-state index in [-0.39, 0.29) is 5.91 Å². The molecule has 21 heavy (non-hydrogen) atoms. The van der Waals surface area contributed by atoms with Crippen LogP contribution in [-0.4, -0.2) is 56.9 Å². The highest BCUT2D eigenvalue weighted by molar-refractivity contribution is 5.93. The normalized spacial score (nSPS) is 15.1. The number of aromatic nitrogens is 4. The largest absolute Gasteiger partial charge is 0.337 e. The van der Waals surface area contributed by atoms with E-state index in [0.29, 0.717) is 30.4 Å². The zero-order chi connectivity index (χ0) is 14.7. The Morgan fingerprint density at radius 1 is 1.00 bits per heavy atom. The van der Waals surface area contributed by atoms with Gasteiger partial charge in [0.2, 0.25) is 5.95 Å². The van der Waals surface area contributed by atoms with Gasteiger partial charge in [0.25, 0.3) is 5.91 Å². The van der Waals surface area contributed by atoms with Crippen molar-refractivity contribution in [3.8, 4) is 0 Å². The Morgan fingerprint density at radius 2 is 1.62 bits per heavy atom. The van der Waals surface area contributed by atoms with Crippen LogP contribution >= 0.6 is 0 Å².